The number of hydrogen-bond donors (Lipinski definition) is 0. The summed E-state index contributed by atoms with van der Waals surface area (Å²) in [5, 5.41) is 0. The van der Waals surface area contributed by atoms with Gasteiger partial charge in [0.05, 0.1) is 6.30 Å². The minimum atomic E-state index is -0.551. The summed E-state index contributed by atoms with van der Waals surface area (Å²) in [6.45, 7) is 3.74. The fraction of sp³-hybridized carbons (Fsp3) is 0.600. The SMILES string of the molecule is C=[P+](C)C(=O)CC. The van der Waals surface area contributed by atoms with Gasteiger partial charge in [-0.1, -0.05) is 6.92 Å². The van der Waals surface area contributed by atoms with Crippen LogP contribution >= 0.6 is 7.55 Å². The van der Waals surface area contributed by atoms with Crippen LogP contribution in [0.1, 0.15) is 13.3 Å². The Bertz CT molecular complexity index is 96.3. The number of hydrogen-bond acceptors (Lipinski definition) is 1. The van der Waals surface area contributed by atoms with Crippen molar-refractivity contribution in [2.24, 2.45) is 0 Å². The molecule has 2 heteroatoms. The van der Waals surface area contributed by atoms with Gasteiger partial charge in [0.2, 0.25) is 0 Å². The zero-order valence-electron chi connectivity index (χ0n) is 4.77. The zero-order valence-corrected chi connectivity index (χ0v) is 5.66. The molecule has 0 spiro atoms. The molecule has 0 aromatic rings. The Morgan fingerprint density at radius 3 is 2.29 bits per heavy atom. The van der Waals surface area contributed by atoms with E-state index in [1.54, 1.807) is 0 Å². The van der Waals surface area contributed by atoms with E-state index in [1.807, 2.05) is 13.6 Å². The van der Waals surface area contributed by atoms with Gasteiger partial charge < -0.3 is 0 Å². The van der Waals surface area contributed by atoms with Crippen molar-refractivity contribution in [3.63, 3.8) is 0 Å². The molecule has 0 aliphatic rings. The molecule has 1 unspecified atom stereocenters. The molecule has 0 heterocycles. The van der Waals surface area contributed by atoms with Crippen molar-refractivity contribution in [1.82, 2.24) is 0 Å². The van der Waals surface area contributed by atoms with E-state index in [1.165, 1.54) is 0 Å². The van der Waals surface area contributed by atoms with E-state index in [2.05, 4.69) is 6.30 Å². The van der Waals surface area contributed by atoms with Crippen LogP contribution in [0, 0.1) is 0 Å². The maximum Gasteiger partial charge on any atom is 0.321 e. The molecule has 0 aromatic heterocycles. The highest BCUT2D eigenvalue weighted by atomic mass is 31.1. The molecule has 0 aliphatic heterocycles. The van der Waals surface area contributed by atoms with Crippen molar-refractivity contribution in [1.29, 1.82) is 0 Å². The van der Waals surface area contributed by atoms with E-state index in [0.29, 0.717) is 11.9 Å². The Balaban J connectivity index is 3.58. The summed E-state index contributed by atoms with van der Waals surface area (Å²) in [7, 11) is -0.551. The Kier molecular flexibility index (Phi) is 2.86. The van der Waals surface area contributed by atoms with Crippen molar-refractivity contribution in [3.05, 3.63) is 0 Å². The van der Waals surface area contributed by atoms with Crippen LogP contribution in [0.4, 0.5) is 0 Å². The number of carbonyl (C=O) groups is 1. The average molecular weight is 117 g/mol. The van der Waals surface area contributed by atoms with Crippen molar-refractivity contribution < 1.29 is 4.79 Å². The average Bonchev–Trinajstić information content (AvgIpc) is 1.65. The van der Waals surface area contributed by atoms with Crippen LogP contribution in [0.15, 0.2) is 0 Å². The Hall–Kier alpha value is -0.160. The highest BCUT2D eigenvalue weighted by Crippen LogP contribution is 2.15. The Morgan fingerprint density at radius 2 is 2.29 bits per heavy atom. The van der Waals surface area contributed by atoms with Crippen LogP contribution in [0.2, 0.25) is 0 Å². The molecular weight excluding hydrogens is 107 g/mol. The van der Waals surface area contributed by atoms with Gasteiger partial charge in [0.25, 0.3) is 0 Å². The number of carbonyl (C=O) groups excluding carboxylic acids is 1. The van der Waals surface area contributed by atoms with Crippen molar-refractivity contribution >= 4 is 19.4 Å². The fourth-order valence-electron chi connectivity index (χ4n) is 0.270. The smallest absolute Gasteiger partial charge is 0.244 e. The minimum absolute atomic E-state index is 0.301. The molecule has 0 rings (SSSR count). The first kappa shape index (κ1) is 6.84. The maximum atomic E-state index is 10.5. The normalized spacial score (nSPS) is 10.9. The fourth-order valence-corrected chi connectivity index (χ4v) is 0.810. The monoisotopic (exact) mass is 117 g/mol. The molecule has 0 aromatic carbocycles. The topological polar surface area (TPSA) is 17.1 Å². The van der Waals surface area contributed by atoms with E-state index < -0.39 is 7.55 Å². The van der Waals surface area contributed by atoms with E-state index in [0.717, 1.165) is 0 Å². The molecule has 0 fully saturated rings. The molecule has 1 atom stereocenters. The van der Waals surface area contributed by atoms with Crippen LogP contribution in [0.25, 0.3) is 0 Å². The lowest BCUT2D eigenvalue weighted by atomic mass is 10.6. The summed E-state index contributed by atoms with van der Waals surface area (Å²) < 4.78 is 0. The van der Waals surface area contributed by atoms with Crippen LogP contribution in [0.3, 0.4) is 0 Å². The molecule has 1 nitrogen and oxygen atoms in total. The Labute approximate surface area is 45.1 Å². The summed E-state index contributed by atoms with van der Waals surface area (Å²) in [6, 6.07) is 0. The van der Waals surface area contributed by atoms with Crippen molar-refractivity contribution in [2.75, 3.05) is 6.66 Å². The first-order valence-corrected chi connectivity index (χ1v) is 4.23. The van der Waals surface area contributed by atoms with Gasteiger partial charge in [0.1, 0.15) is 6.66 Å². The molecule has 0 saturated carbocycles. The molecule has 0 amide bonds. The lowest BCUT2D eigenvalue weighted by Gasteiger charge is -1.75. The third-order valence-electron chi connectivity index (χ3n) is 0.728. The van der Waals surface area contributed by atoms with Crippen LogP contribution in [-0.4, -0.2) is 18.5 Å². The van der Waals surface area contributed by atoms with Crippen LogP contribution < -0.4 is 0 Å². The second-order valence-electron chi connectivity index (χ2n) is 1.45. The summed E-state index contributed by atoms with van der Waals surface area (Å²) in [4.78, 5) is 10.5. The number of rotatable bonds is 2. The van der Waals surface area contributed by atoms with E-state index >= 15 is 0 Å². The van der Waals surface area contributed by atoms with Gasteiger partial charge in [-0.25, -0.2) is 4.79 Å². The van der Waals surface area contributed by atoms with Gasteiger partial charge in [0.15, 0.2) is 7.55 Å². The van der Waals surface area contributed by atoms with Gasteiger partial charge in [-0.2, -0.15) is 0 Å². The van der Waals surface area contributed by atoms with E-state index in [4.69, 9.17) is 0 Å². The van der Waals surface area contributed by atoms with Crippen molar-refractivity contribution in [2.45, 2.75) is 13.3 Å². The highest BCUT2D eigenvalue weighted by molar-refractivity contribution is 7.72. The first-order valence-electron chi connectivity index (χ1n) is 2.25. The second kappa shape index (κ2) is 2.92. The largest absolute Gasteiger partial charge is 0.321 e. The molecule has 0 radical (unpaired) electrons. The highest BCUT2D eigenvalue weighted by Gasteiger charge is 2.07. The molecule has 40 valence electrons. The minimum Gasteiger partial charge on any atom is -0.244 e. The lowest BCUT2D eigenvalue weighted by molar-refractivity contribution is -0.111. The van der Waals surface area contributed by atoms with Gasteiger partial charge >= 0.3 is 5.52 Å². The van der Waals surface area contributed by atoms with Crippen molar-refractivity contribution in [3.8, 4) is 0 Å². The van der Waals surface area contributed by atoms with Gasteiger partial charge in [-0.3, -0.25) is 0 Å². The molecule has 0 aliphatic carbocycles. The third kappa shape index (κ3) is 2.52. The quantitative estimate of drug-likeness (QED) is 0.500. The summed E-state index contributed by atoms with van der Waals surface area (Å²) in [5.74, 6) is 0. The first-order chi connectivity index (χ1) is 3.18. The summed E-state index contributed by atoms with van der Waals surface area (Å²) in [6.07, 6.45) is 4.27. The van der Waals surface area contributed by atoms with Gasteiger partial charge in [0, 0.05) is 6.42 Å². The molecule has 0 bridgehead atoms. The molecule has 0 saturated heterocycles. The standard InChI is InChI=1S/C5H10OP/c1-4-5(6)7(2)3/h2,4H2,1,3H3/q+1. The third-order valence-corrected chi connectivity index (χ3v) is 1.90. The Morgan fingerprint density at radius 1 is 1.86 bits per heavy atom. The van der Waals surface area contributed by atoms with Crippen LogP contribution in [0.5, 0.6) is 0 Å². The van der Waals surface area contributed by atoms with Gasteiger partial charge in [-0.15, -0.1) is 0 Å². The molecule has 7 heavy (non-hydrogen) atoms. The predicted molar refractivity (Wildman–Crippen MR) is 35.3 cm³/mol. The molecular formula is C5H10OP+. The predicted octanol–water partition coefficient (Wildman–Crippen LogP) is 1.47. The summed E-state index contributed by atoms with van der Waals surface area (Å²) >= 11 is 0. The summed E-state index contributed by atoms with van der Waals surface area (Å²) in [5.41, 5.74) is 0.301. The lowest BCUT2D eigenvalue weighted by Crippen LogP contribution is -1.83. The van der Waals surface area contributed by atoms with E-state index in [9.17, 15) is 4.79 Å². The van der Waals surface area contributed by atoms with Crippen LogP contribution in [-0.2, 0) is 4.79 Å². The molecule has 0 N–H and O–H groups in total. The van der Waals surface area contributed by atoms with Gasteiger partial charge in [-0.05, 0) is 0 Å². The maximum absolute atomic E-state index is 10.5. The van der Waals surface area contributed by atoms with E-state index in [-0.39, 0.29) is 0 Å². The second-order valence-corrected chi connectivity index (χ2v) is 3.34. The zero-order chi connectivity index (χ0) is 5.86.